The summed E-state index contributed by atoms with van der Waals surface area (Å²) < 4.78 is 48.7. The van der Waals surface area contributed by atoms with Gasteiger partial charge in [-0.3, -0.25) is 4.79 Å². The number of benzene rings is 1. The Hall–Kier alpha value is -3.21. The zero-order valence-electron chi connectivity index (χ0n) is 16.6. The molecule has 1 N–H and O–H groups in total. The largest absolute Gasteiger partial charge is 0.471 e. The lowest BCUT2D eigenvalue weighted by Gasteiger charge is -2.07. The van der Waals surface area contributed by atoms with E-state index in [0.29, 0.717) is 30.1 Å². The molecule has 1 aromatic carbocycles. The smallest absolute Gasteiger partial charge is 0.383 e. The van der Waals surface area contributed by atoms with Crippen LogP contribution in [-0.4, -0.2) is 46.1 Å². The Bertz CT molecular complexity index is 1030. The number of aromatic nitrogens is 4. The fourth-order valence-corrected chi connectivity index (χ4v) is 2.91. The molecule has 0 saturated heterocycles. The van der Waals surface area contributed by atoms with Gasteiger partial charge in [-0.05, 0) is 38.1 Å². The molecule has 2 aromatic heterocycles. The fourth-order valence-electron chi connectivity index (χ4n) is 2.91. The van der Waals surface area contributed by atoms with Crippen LogP contribution < -0.4 is 5.32 Å². The Morgan fingerprint density at radius 1 is 1.23 bits per heavy atom. The monoisotopic (exact) mass is 423 g/mol. The van der Waals surface area contributed by atoms with Crippen molar-refractivity contribution in [3.05, 3.63) is 47.1 Å². The first-order valence-corrected chi connectivity index (χ1v) is 9.03. The Labute approximate surface area is 170 Å². The zero-order chi connectivity index (χ0) is 21.9. The molecule has 160 valence electrons. The van der Waals surface area contributed by atoms with Crippen LogP contribution in [-0.2, 0) is 22.1 Å². The molecule has 0 radical (unpaired) electrons. The van der Waals surface area contributed by atoms with Crippen LogP contribution in [0.4, 0.5) is 13.2 Å². The number of nitrogens with zero attached hydrogens (tertiary/aromatic N) is 4. The summed E-state index contributed by atoms with van der Waals surface area (Å²) >= 11 is 0. The lowest BCUT2D eigenvalue weighted by molar-refractivity contribution is -0.159. The number of halogens is 3. The first-order valence-electron chi connectivity index (χ1n) is 9.03. The van der Waals surface area contributed by atoms with E-state index in [9.17, 15) is 18.0 Å². The van der Waals surface area contributed by atoms with Crippen molar-refractivity contribution in [2.75, 3.05) is 20.3 Å². The van der Waals surface area contributed by atoms with Crippen LogP contribution in [0.5, 0.6) is 0 Å². The molecule has 0 fully saturated rings. The Kier molecular flexibility index (Phi) is 6.20. The van der Waals surface area contributed by atoms with Crippen molar-refractivity contribution in [1.82, 2.24) is 25.2 Å². The molecule has 0 atom stereocenters. The van der Waals surface area contributed by atoms with Gasteiger partial charge in [0, 0.05) is 30.5 Å². The summed E-state index contributed by atoms with van der Waals surface area (Å²) in [4.78, 5) is 15.5. The summed E-state index contributed by atoms with van der Waals surface area (Å²) in [6.45, 7) is 4.52. The number of ether oxygens (including phenoxy) is 1. The van der Waals surface area contributed by atoms with Crippen LogP contribution in [0.1, 0.15) is 22.8 Å². The third-order valence-electron chi connectivity index (χ3n) is 4.45. The number of aryl methyl sites for hydroxylation is 1. The SMILES string of the molecule is COCCNC(=O)Cc1c(C)nn(-c2ccc(-c3noc(C(F)(F)F)n3)cc2)c1C. The quantitative estimate of drug-likeness (QED) is 0.588. The van der Waals surface area contributed by atoms with Crippen LogP contribution in [0.15, 0.2) is 28.8 Å². The highest BCUT2D eigenvalue weighted by Gasteiger charge is 2.38. The number of hydrogen-bond acceptors (Lipinski definition) is 6. The minimum Gasteiger partial charge on any atom is -0.383 e. The fraction of sp³-hybridized carbons (Fsp3) is 0.368. The van der Waals surface area contributed by atoms with E-state index in [0.717, 1.165) is 11.3 Å². The van der Waals surface area contributed by atoms with Crippen molar-refractivity contribution in [1.29, 1.82) is 0 Å². The number of carbonyl (C=O) groups excluding carboxylic acids is 1. The summed E-state index contributed by atoms with van der Waals surface area (Å²) in [6, 6.07) is 6.52. The van der Waals surface area contributed by atoms with Gasteiger partial charge in [-0.15, -0.1) is 0 Å². The molecule has 1 amide bonds. The standard InChI is InChI=1S/C19H20F3N5O3/c1-11-15(10-16(28)23-8-9-29-3)12(2)27(25-11)14-6-4-13(5-7-14)17-24-18(30-26-17)19(20,21)22/h4-7H,8-10H2,1-3H3,(H,23,28). The van der Waals surface area contributed by atoms with E-state index < -0.39 is 12.1 Å². The maximum absolute atomic E-state index is 12.6. The van der Waals surface area contributed by atoms with Gasteiger partial charge in [0.2, 0.25) is 11.7 Å². The summed E-state index contributed by atoms with van der Waals surface area (Å²) in [7, 11) is 1.56. The third kappa shape index (κ3) is 4.67. The normalized spacial score (nSPS) is 11.7. The van der Waals surface area contributed by atoms with E-state index in [2.05, 4.69) is 25.1 Å². The van der Waals surface area contributed by atoms with Gasteiger partial charge < -0.3 is 14.6 Å². The number of alkyl halides is 3. The second kappa shape index (κ2) is 8.66. The molecule has 11 heteroatoms. The Balaban J connectivity index is 1.78. The minimum atomic E-state index is -4.69. The summed E-state index contributed by atoms with van der Waals surface area (Å²) in [6.07, 6.45) is -4.51. The van der Waals surface area contributed by atoms with Gasteiger partial charge in [0.05, 0.1) is 24.4 Å². The summed E-state index contributed by atoms with van der Waals surface area (Å²) in [5, 5.41) is 10.6. The maximum Gasteiger partial charge on any atom is 0.471 e. The number of nitrogens with one attached hydrogen (secondary N) is 1. The second-order valence-corrected chi connectivity index (χ2v) is 6.55. The van der Waals surface area contributed by atoms with Gasteiger partial charge in [0.1, 0.15) is 0 Å². The minimum absolute atomic E-state index is 0.134. The van der Waals surface area contributed by atoms with Crippen LogP contribution in [0, 0.1) is 13.8 Å². The van der Waals surface area contributed by atoms with Gasteiger partial charge in [-0.2, -0.15) is 23.3 Å². The van der Waals surface area contributed by atoms with Crippen molar-refractivity contribution in [2.24, 2.45) is 0 Å². The molecule has 3 aromatic rings. The van der Waals surface area contributed by atoms with Crippen molar-refractivity contribution in [3.63, 3.8) is 0 Å². The molecule has 0 aliphatic heterocycles. The number of carbonyl (C=O) groups is 1. The van der Waals surface area contributed by atoms with E-state index in [1.54, 1.807) is 36.1 Å². The highest BCUT2D eigenvalue weighted by molar-refractivity contribution is 5.79. The van der Waals surface area contributed by atoms with E-state index in [1.807, 2.05) is 13.8 Å². The zero-order valence-corrected chi connectivity index (χ0v) is 16.6. The van der Waals surface area contributed by atoms with Crippen molar-refractivity contribution < 1.29 is 27.2 Å². The third-order valence-corrected chi connectivity index (χ3v) is 4.45. The van der Waals surface area contributed by atoms with Gasteiger partial charge in [-0.1, -0.05) is 5.16 Å². The Morgan fingerprint density at radius 3 is 2.53 bits per heavy atom. The second-order valence-electron chi connectivity index (χ2n) is 6.55. The van der Waals surface area contributed by atoms with E-state index in [4.69, 9.17) is 4.74 Å². The number of rotatable bonds is 7. The predicted octanol–water partition coefficient (Wildman–Crippen LogP) is 2.86. The first kappa shape index (κ1) is 21.5. The maximum atomic E-state index is 12.6. The molecular formula is C19H20F3N5O3. The van der Waals surface area contributed by atoms with Crippen LogP contribution >= 0.6 is 0 Å². The Morgan fingerprint density at radius 2 is 1.93 bits per heavy atom. The number of methoxy groups -OCH3 is 1. The molecule has 0 unspecified atom stereocenters. The highest BCUT2D eigenvalue weighted by Crippen LogP contribution is 2.29. The van der Waals surface area contributed by atoms with E-state index >= 15 is 0 Å². The molecule has 0 spiro atoms. The molecule has 0 saturated carbocycles. The van der Waals surface area contributed by atoms with E-state index in [-0.39, 0.29) is 18.2 Å². The predicted molar refractivity (Wildman–Crippen MR) is 99.9 cm³/mol. The van der Waals surface area contributed by atoms with Crippen molar-refractivity contribution in [2.45, 2.75) is 26.4 Å². The molecule has 30 heavy (non-hydrogen) atoms. The molecule has 0 aliphatic rings. The number of amides is 1. The molecule has 3 rings (SSSR count). The van der Waals surface area contributed by atoms with Gasteiger partial charge in [-0.25, -0.2) is 4.68 Å². The first-order chi connectivity index (χ1) is 14.2. The molecule has 2 heterocycles. The van der Waals surface area contributed by atoms with Gasteiger partial charge in [0.15, 0.2) is 0 Å². The van der Waals surface area contributed by atoms with Crippen molar-refractivity contribution in [3.8, 4) is 17.1 Å². The average Bonchev–Trinajstić information content (AvgIpc) is 3.30. The van der Waals surface area contributed by atoms with Gasteiger partial charge in [0.25, 0.3) is 0 Å². The summed E-state index contributed by atoms with van der Waals surface area (Å²) in [5.41, 5.74) is 3.37. The van der Waals surface area contributed by atoms with Crippen LogP contribution in [0.2, 0.25) is 0 Å². The van der Waals surface area contributed by atoms with Crippen molar-refractivity contribution >= 4 is 5.91 Å². The molecule has 0 bridgehead atoms. The molecule has 0 aliphatic carbocycles. The number of hydrogen-bond donors (Lipinski definition) is 1. The van der Waals surface area contributed by atoms with Gasteiger partial charge >= 0.3 is 12.1 Å². The summed E-state index contributed by atoms with van der Waals surface area (Å²) in [5.74, 6) is -1.69. The van der Waals surface area contributed by atoms with E-state index in [1.165, 1.54) is 0 Å². The average molecular weight is 423 g/mol. The lowest BCUT2D eigenvalue weighted by atomic mass is 10.1. The molecule has 8 nitrogen and oxygen atoms in total. The molecular weight excluding hydrogens is 403 g/mol. The highest BCUT2D eigenvalue weighted by atomic mass is 19.4. The lowest BCUT2D eigenvalue weighted by Crippen LogP contribution is -2.28. The topological polar surface area (TPSA) is 95.1 Å². The van der Waals surface area contributed by atoms with Crippen LogP contribution in [0.25, 0.3) is 17.1 Å². The van der Waals surface area contributed by atoms with Crippen LogP contribution in [0.3, 0.4) is 0 Å².